The molecule has 0 saturated carbocycles. The largest absolute Gasteiger partial charge is 0.497 e. The molecule has 0 radical (unpaired) electrons. The number of methoxy groups -OCH3 is 1. The van der Waals surface area contributed by atoms with Gasteiger partial charge < -0.3 is 20.3 Å². The zero-order chi connectivity index (χ0) is 22.8. The average molecular weight is 431 g/mol. The van der Waals surface area contributed by atoms with Gasteiger partial charge in [0.15, 0.2) is 0 Å². The topological polar surface area (TPSA) is 117 Å². The number of likely N-dealkylation sites (tertiary alicyclic amines) is 1. The van der Waals surface area contributed by atoms with E-state index in [2.05, 4.69) is 16.0 Å². The van der Waals surface area contributed by atoms with Crippen LogP contribution in [0.4, 0.5) is 4.79 Å². The minimum Gasteiger partial charge on any atom is -0.497 e. The summed E-state index contributed by atoms with van der Waals surface area (Å²) in [5.74, 6) is -0.580. The fraction of sp³-hybridized carbons (Fsp3) is 0.545. The predicted molar refractivity (Wildman–Crippen MR) is 113 cm³/mol. The van der Waals surface area contributed by atoms with Crippen LogP contribution in [0.25, 0.3) is 0 Å². The van der Waals surface area contributed by atoms with Gasteiger partial charge in [0, 0.05) is 24.6 Å². The Labute approximate surface area is 181 Å². The van der Waals surface area contributed by atoms with E-state index in [1.54, 1.807) is 43.2 Å². The van der Waals surface area contributed by atoms with Crippen molar-refractivity contribution in [2.45, 2.75) is 45.2 Å². The minimum atomic E-state index is -1.05. The highest BCUT2D eigenvalue weighted by Crippen LogP contribution is 2.30. The van der Waals surface area contributed by atoms with E-state index in [4.69, 9.17) is 4.74 Å². The first-order valence-electron chi connectivity index (χ1n) is 10.5. The van der Waals surface area contributed by atoms with Crippen LogP contribution in [0, 0.1) is 11.8 Å². The second kappa shape index (κ2) is 8.95. The lowest BCUT2D eigenvalue weighted by Gasteiger charge is -2.41. The monoisotopic (exact) mass is 430 g/mol. The Morgan fingerprint density at radius 1 is 1.23 bits per heavy atom. The molecule has 3 N–H and O–H groups in total. The molecule has 2 heterocycles. The van der Waals surface area contributed by atoms with Gasteiger partial charge >= 0.3 is 6.03 Å². The molecule has 0 aromatic heterocycles. The van der Waals surface area contributed by atoms with Crippen LogP contribution in [0.3, 0.4) is 0 Å². The Morgan fingerprint density at radius 3 is 2.45 bits per heavy atom. The zero-order valence-electron chi connectivity index (χ0n) is 18.4. The van der Waals surface area contributed by atoms with Crippen LogP contribution in [-0.4, -0.2) is 60.4 Å². The van der Waals surface area contributed by atoms with Crippen LogP contribution in [-0.2, 0) is 9.59 Å². The van der Waals surface area contributed by atoms with Gasteiger partial charge in [0.2, 0.25) is 5.91 Å². The minimum absolute atomic E-state index is 0.125. The summed E-state index contributed by atoms with van der Waals surface area (Å²) in [5.41, 5.74) is -0.607. The fourth-order valence-electron chi connectivity index (χ4n) is 4.17. The highest BCUT2D eigenvalue weighted by atomic mass is 16.5. The maximum atomic E-state index is 13.3. The number of urea groups is 1. The molecule has 2 saturated heterocycles. The highest BCUT2D eigenvalue weighted by Gasteiger charge is 2.49. The van der Waals surface area contributed by atoms with Gasteiger partial charge in [-0.15, -0.1) is 0 Å². The number of amides is 5. The van der Waals surface area contributed by atoms with Gasteiger partial charge in [-0.1, -0.05) is 13.8 Å². The van der Waals surface area contributed by atoms with E-state index in [0.717, 1.165) is 6.42 Å². The Hall–Kier alpha value is -3.10. The van der Waals surface area contributed by atoms with Crippen LogP contribution in [0.5, 0.6) is 5.75 Å². The molecule has 5 amide bonds. The standard InChI is InChI=1S/C22H30N4O5/c1-13(2)17(23-18(27)14-7-9-16(31-4)10-8-14)19(28)26-11-5-6-15(12-26)22(3)20(29)24-21(30)25-22/h7-10,13,15,17H,5-6,11-12H2,1-4H3,(H,23,27)(H2,24,25,29,30)/t15-,17-,22-/m0/s1. The quantitative estimate of drug-likeness (QED) is 0.588. The number of hydrogen-bond donors (Lipinski definition) is 3. The number of nitrogens with one attached hydrogen (secondary N) is 3. The molecule has 2 fully saturated rings. The Bertz CT molecular complexity index is 869. The normalized spacial score (nSPS) is 24.4. The van der Waals surface area contributed by atoms with Crippen molar-refractivity contribution in [3.05, 3.63) is 29.8 Å². The molecule has 0 unspecified atom stereocenters. The van der Waals surface area contributed by atoms with Crippen LogP contribution in [0.15, 0.2) is 24.3 Å². The summed E-state index contributed by atoms with van der Waals surface area (Å²) in [6, 6.07) is 5.47. The molecule has 1 aromatic carbocycles. The molecular weight excluding hydrogens is 400 g/mol. The van der Waals surface area contributed by atoms with Gasteiger partial charge in [-0.3, -0.25) is 19.7 Å². The molecule has 2 aliphatic heterocycles. The van der Waals surface area contributed by atoms with Crippen molar-refractivity contribution < 1.29 is 23.9 Å². The maximum Gasteiger partial charge on any atom is 0.322 e. The van der Waals surface area contributed by atoms with Crippen molar-refractivity contribution in [2.75, 3.05) is 20.2 Å². The number of benzene rings is 1. The fourth-order valence-corrected chi connectivity index (χ4v) is 4.17. The van der Waals surface area contributed by atoms with Crippen molar-refractivity contribution in [1.29, 1.82) is 0 Å². The lowest BCUT2D eigenvalue weighted by Crippen LogP contribution is -2.59. The number of piperidine rings is 1. The van der Waals surface area contributed by atoms with Crippen molar-refractivity contribution in [3.8, 4) is 5.75 Å². The first-order valence-corrected chi connectivity index (χ1v) is 10.5. The highest BCUT2D eigenvalue weighted by molar-refractivity contribution is 6.07. The molecule has 0 spiro atoms. The maximum absolute atomic E-state index is 13.3. The SMILES string of the molecule is COc1ccc(C(=O)N[C@H](C(=O)N2CCC[C@H]([C@]3(C)NC(=O)NC3=O)C2)C(C)C)cc1. The number of hydrogen-bond acceptors (Lipinski definition) is 5. The number of carbonyl (C=O) groups is 4. The van der Waals surface area contributed by atoms with Crippen molar-refractivity contribution in [3.63, 3.8) is 0 Å². The van der Waals surface area contributed by atoms with Crippen molar-refractivity contribution in [1.82, 2.24) is 20.9 Å². The summed E-state index contributed by atoms with van der Waals surface area (Å²) in [4.78, 5) is 51.7. The summed E-state index contributed by atoms with van der Waals surface area (Å²) >= 11 is 0. The summed E-state index contributed by atoms with van der Waals surface area (Å²) in [6.07, 6.45) is 1.44. The Kier molecular flexibility index (Phi) is 6.52. The molecule has 9 nitrogen and oxygen atoms in total. The van der Waals surface area contributed by atoms with E-state index in [9.17, 15) is 19.2 Å². The first kappa shape index (κ1) is 22.6. The molecule has 168 valence electrons. The summed E-state index contributed by atoms with van der Waals surface area (Å²) in [6.45, 7) is 6.33. The predicted octanol–water partition coefficient (Wildman–Crippen LogP) is 1.29. The molecule has 1 aromatic rings. The smallest absolute Gasteiger partial charge is 0.322 e. The molecular formula is C22H30N4O5. The van der Waals surface area contributed by atoms with Gasteiger partial charge in [0.05, 0.1) is 7.11 Å². The number of carbonyl (C=O) groups excluding carboxylic acids is 4. The van der Waals surface area contributed by atoms with Gasteiger partial charge in [-0.25, -0.2) is 4.79 Å². The Morgan fingerprint density at radius 2 is 1.90 bits per heavy atom. The van der Waals surface area contributed by atoms with Crippen LogP contribution in [0.1, 0.15) is 44.0 Å². The third-order valence-electron chi connectivity index (χ3n) is 6.19. The molecule has 0 aliphatic carbocycles. The summed E-state index contributed by atoms with van der Waals surface area (Å²) in [7, 11) is 1.55. The van der Waals surface area contributed by atoms with Crippen molar-refractivity contribution >= 4 is 23.8 Å². The van der Waals surface area contributed by atoms with Gasteiger partial charge in [0.25, 0.3) is 11.8 Å². The lowest BCUT2D eigenvalue weighted by molar-refractivity contribution is -0.138. The molecule has 2 aliphatic rings. The van der Waals surface area contributed by atoms with Gasteiger partial charge in [-0.05, 0) is 49.9 Å². The van der Waals surface area contributed by atoms with Crippen LogP contribution >= 0.6 is 0 Å². The third-order valence-corrected chi connectivity index (χ3v) is 6.19. The number of nitrogens with zero attached hydrogens (tertiary/aromatic N) is 1. The molecule has 0 bridgehead atoms. The third kappa shape index (κ3) is 4.65. The molecule has 9 heteroatoms. The van der Waals surface area contributed by atoms with E-state index in [1.807, 2.05) is 13.8 Å². The second-order valence-electron chi connectivity index (χ2n) is 8.66. The molecule has 3 rings (SSSR count). The second-order valence-corrected chi connectivity index (χ2v) is 8.66. The summed E-state index contributed by atoms with van der Waals surface area (Å²) in [5, 5.41) is 7.85. The zero-order valence-corrected chi connectivity index (χ0v) is 18.4. The van der Waals surface area contributed by atoms with E-state index >= 15 is 0 Å². The number of imide groups is 1. The Balaban J connectivity index is 1.71. The average Bonchev–Trinajstić information content (AvgIpc) is 3.03. The van der Waals surface area contributed by atoms with Crippen molar-refractivity contribution in [2.24, 2.45) is 11.8 Å². The van der Waals surface area contributed by atoms with Crippen LogP contribution < -0.4 is 20.7 Å². The van der Waals surface area contributed by atoms with E-state index < -0.39 is 17.6 Å². The van der Waals surface area contributed by atoms with E-state index in [-0.39, 0.29) is 29.6 Å². The molecule has 3 atom stereocenters. The first-order chi connectivity index (χ1) is 14.7. The van der Waals surface area contributed by atoms with Gasteiger partial charge in [0.1, 0.15) is 17.3 Å². The number of rotatable bonds is 6. The van der Waals surface area contributed by atoms with Crippen LogP contribution in [0.2, 0.25) is 0 Å². The summed E-state index contributed by atoms with van der Waals surface area (Å²) < 4.78 is 5.11. The molecule has 31 heavy (non-hydrogen) atoms. The van der Waals surface area contributed by atoms with E-state index in [0.29, 0.717) is 30.8 Å². The van der Waals surface area contributed by atoms with E-state index in [1.165, 1.54) is 0 Å². The number of ether oxygens (including phenoxy) is 1. The lowest BCUT2D eigenvalue weighted by atomic mass is 9.80. The van der Waals surface area contributed by atoms with Gasteiger partial charge in [-0.2, -0.15) is 0 Å².